The Morgan fingerprint density at radius 3 is 2.42 bits per heavy atom. The zero-order chi connectivity index (χ0) is 18.3. The van der Waals surface area contributed by atoms with Crippen LogP contribution in [-0.2, 0) is 16.4 Å². The van der Waals surface area contributed by atoms with E-state index in [4.69, 9.17) is 5.73 Å². The first-order valence-corrected chi connectivity index (χ1v) is 9.02. The van der Waals surface area contributed by atoms with Gasteiger partial charge in [-0.1, -0.05) is 37.5 Å². The normalized spacial score (nSPS) is 15.7. The van der Waals surface area contributed by atoms with Gasteiger partial charge in [-0.25, -0.2) is 0 Å². The minimum Gasteiger partial charge on any atom is -0.355 e. The summed E-state index contributed by atoms with van der Waals surface area (Å²) in [7, 11) is 0. The molecule has 1 amide bonds. The quantitative estimate of drug-likeness (QED) is 0.604. The Bertz CT molecular complexity index is 574. The molecule has 2 rings (SSSR count). The first-order valence-electron chi connectivity index (χ1n) is 9.02. The summed E-state index contributed by atoms with van der Waals surface area (Å²) in [6.45, 7) is 1.08. The van der Waals surface area contributed by atoms with Crippen LogP contribution in [0.15, 0.2) is 24.3 Å². The molecule has 1 aromatic carbocycles. The first-order chi connectivity index (χ1) is 11.9. The smallest absolute Gasteiger partial charge is 0.355 e. The van der Waals surface area contributed by atoms with Gasteiger partial charge in [-0.2, -0.15) is 13.2 Å². The van der Waals surface area contributed by atoms with Crippen molar-refractivity contribution < 1.29 is 18.0 Å². The molecule has 0 spiro atoms. The fraction of sp³-hybridized carbons (Fsp3) is 0.632. The molecule has 3 N–H and O–H groups in total. The van der Waals surface area contributed by atoms with E-state index in [9.17, 15) is 18.0 Å². The van der Waals surface area contributed by atoms with E-state index in [-0.39, 0.29) is 23.7 Å². The Kier molecular flexibility index (Phi) is 8.90. The summed E-state index contributed by atoms with van der Waals surface area (Å²) in [5.41, 5.74) is 5.14. The van der Waals surface area contributed by atoms with Crippen LogP contribution in [0.4, 0.5) is 13.2 Å². The average Bonchev–Trinajstić information content (AvgIpc) is 2.53. The Balaban J connectivity index is 0.00000338. The van der Waals surface area contributed by atoms with Gasteiger partial charge in [0.2, 0.25) is 5.91 Å². The zero-order valence-corrected chi connectivity index (χ0v) is 15.7. The van der Waals surface area contributed by atoms with Crippen molar-refractivity contribution in [1.29, 1.82) is 0 Å². The molecule has 0 saturated heterocycles. The topological polar surface area (TPSA) is 55.1 Å². The number of halogens is 4. The highest BCUT2D eigenvalue weighted by Gasteiger charge is 2.40. The molecule has 1 aromatic rings. The SMILES string of the molecule is Cl.NCCCCCCC(=O)NCC1(c2cccc(C(F)(F)F)c2)CCC1. The lowest BCUT2D eigenvalue weighted by atomic mass is 9.64. The first kappa shape index (κ1) is 22.8. The van der Waals surface area contributed by atoms with Crippen LogP contribution in [-0.4, -0.2) is 19.0 Å². The number of benzene rings is 1. The van der Waals surface area contributed by atoms with Gasteiger partial charge in [-0.15, -0.1) is 12.4 Å². The molecule has 1 aliphatic carbocycles. The van der Waals surface area contributed by atoms with Gasteiger partial charge in [0.25, 0.3) is 0 Å². The van der Waals surface area contributed by atoms with Crippen LogP contribution in [0, 0.1) is 0 Å². The monoisotopic (exact) mass is 392 g/mol. The molecule has 0 heterocycles. The number of carbonyl (C=O) groups is 1. The molecule has 3 nitrogen and oxygen atoms in total. The highest BCUT2D eigenvalue weighted by Crippen LogP contribution is 2.44. The van der Waals surface area contributed by atoms with Crippen LogP contribution < -0.4 is 11.1 Å². The van der Waals surface area contributed by atoms with E-state index in [0.717, 1.165) is 51.0 Å². The molecule has 26 heavy (non-hydrogen) atoms. The molecular formula is C19H28ClF3N2O. The second-order valence-electron chi connectivity index (χ2n) is 6.94. The lowest BCUT2D eigenvalue weighted by molar-refractivity contribution is -0.137. The third-order valence-corrected chi connectivity index (χ3v) is 5.09. The number of unbranched alkanes of at least 4 members (excludes halogenated alkanes) is 3. The van der Waals surface area contributed by atoms with Gasteiger partial charge in [0.15, 0.2) is 0 Å². The van der Waals surface area contributed by atoms with E-state index in [2.05, 4.69) is 5.32 Å². The van der Waals surface area contributed by atoms with Crippen LogP contribution in [0.3, 0.4) is 0 Å². The maximum absolute atomic E-state index is 12.9. The summed E-state index contributed by atoms with van der Waals surface area (Å²) in [6.07, 6.45) is 2.52. The highest BCUT2D eigenvalue weighted by molar-refractivity contribution is 5.85. The van der Waals surface area contributed by atoms with E-state index in [1.165, 1.54) is 12.1 Å². The number of nitrogens with two attached hydrogens (primary N) is 1. The maximum Gasteiger partial charge on any atom is 0.416 e. The molecule has 1 fully saturated rings. The van der Waals surface area contributed by atoms with Crippen molar-refractivity contribution in [2.24, 2.45) is 5.73 Å². The van der Waals surface area contributed by atoms with E-state index >= 15 is 0 Å². The number of amides is 1. The third-order valence-electron chi connectivity index (χ3n) is 5.09. The van der Waals surface area contributed by atoms with Gasteiger partial charge in [0, 0.05) is 18.4 Å². The van der Waals surface area contributed by atoms with Gasteiger partial charge in [0.1, 0.15) is 0 Å². The summed E-state index contributed by atoms with van der Waals surface area (Å²) >= 11 is 0. The lowest BCUT2D eigenvalue weighted by Crippen LogP contribution is -2.45. The largest absolute Gasteiger partial charge is 0.416 e. The standard InChI is InChI=1S/C19H27F3N2O.ClH/c20-19(21,22)16-8-5-7-15(13-16)18(10-6-11-18)14-24-17(25)9-3-1-2-4-12-23;/h5,7-8,13H,1-4,6,9-12,14,23H2,(H,24,25);1H. The molecule has 0 aromatic heterocycles. The predicted octanol–water partition coefficient (Wildman–Crippen LogP) is 4.57. The van der Waals surface area contributed by atoms with Crippen molar-refractivity contribution in [3.8, 4) is 0 Å². The van der Waals surface area contributed by atoms with Crippen molar-refractivity contribution >= 4 is 18.3 Å². The van der Waals surface area contributed by atoms with Crippen LogP contribution >= 0.6 is 12.4 Å². The molecule has 0 radical (unpaired) electrons. The Labute approximate surface area is 159 Å². The van der Waals surface area contributed by atoms with E-state index in [1.807, 2.05) is 0 Å². The highest BCUT2D eigenvalue weighted by atomic mass is 35.5. The Hall–Kier alpha value is -1.27. The molecule has 7 heteroatoms. The van der Waals surface area contributed by atoms with Crippen molar-refractivity contribution in [2.75, 3.05) is 13.1 Å². The van der Waals surface area contributed by atoms with Gasteiger partial charge in [-0.05, 0) is 43.9 Å². The summed E-state index contributed by atoms with van der Waals surface area (Å²) in [6, 6.07) is 5.53. The molecule has 1 saturated carbocycles. The van der Waals surface area contributed by atoms with Crippen molar-refractivity contribution in [1.82, 2.24) is 5.32 Å². The van der Waals surface area contributed by atoms with Crippen LogP contribution in [0.1, 0.15) is 62.5 Å². The van der Waals surface area contributed by atoms with Crippen LogP contribution in [0.2, 0.25) is 0 Å². The number of carbonyl (C=O) groups excluding carboxylic acids is 1. The summed E-state index contributed by atoms with van der Waals surface area (Å²) < 4.78 is 38.8. The average molecular weight is 393 g/mol. The minimum atomic E-state index is -4.34. The summed E-state index contributed by atoms with van der Waals surface area (Å²) in [4.78, 5) is 12.0. The fourth-order valence-corrected chi connectivity index (χ4v) is 3.34. The molecule has 0 atom stereocenters. The van der Waals surface area contributed by atoms with Crippen molar-refractivity contribution in [3.05, 3.63) is 35.4 Å². The number of hydrogen-bond acceptors (Lipinski definition) is 2. The summed E-state index contributed by atoms with van der Waals surface area (Å²) in [5, 5.41) is 2.93. The van der Waals surface area contributed by atoms with Gasteiger partial charge in [-0.3, -0.25) is 4.79 Å². The number of rotatable bonds is 9. The second kappa shape index (κ2) is 10.2. The summed E-state index contributed by atoms with van der Waals surface area (Å²) in [5.74, 6) is -0.0222. The number of hydrogen-bond donors (Lipinski definition) is 2. The molecule has 0 aliphatic heterocycles. The number of alkyl halides is 3. The number of nitrogens with one attached hydrogen (secondary N) is 1. The Morgan fingerprint density at radius 1 is 1.15 bits per heavy atom. The zero-order valence-electron chi connectivity index (χ0n) is 14.9. The molecular weight excluding hydrogens is 365 g/mol. The lowest BCUT2D eigenvalue weighted by Gasteiger charge is -2.43. The van der Waals surface area contributed by atoms with Crippen molar-refractivity contribution in [3.63, 3.8) is 0 Å². The molecule has 148 valence electrons. The predicted molar refractivity (Wildman–Crippen MR) is 99.4 cm³/mol. The minimum absolute atomic E-state index is 0. The van der Waals surface area contributed by atoms with Crippen LogP contribution in [0.5, 0.6) is 0 Å². The van der Waals surface area contributed by atoms with E-state index in [0.29, 0.717) is 25.1 Å². The van der Waals surface area contributed by atoms with Gasteiger partial charge >= 0.3 is 6.18 Å². The van der Waals surface area contributed by atoms with Gasteiger partial charge < -0.3 is 11.1 Å². The Morgan fingerprint density at radius 2 is 1.85 bits per heavy atom. The second-order valence-corrected chi connectivity index (χ2v) is 6.94. The fourth-order valence-electron chi connectivity index (χ4n) is 3.34. The van der Waals surface area contributed by atoms with Gasteiger partial charge in [0.05, 0.1) is 5.56 Å². The van der Waals surface area contributed by atoms with Crippen LogP contribution in [0.25, 0.3) is 0 Å². The van der Waals surface area contributed by atoms with Crippen molar-refractivity contribution in [2.45, 2.75) is 63.0 Å². The maximum atomic E-state index is 12.9. The molecule has 0 unspecified atom stereocenters. The van der Waals surface area contributed by atoms with E-state index in [1.54, 1.807) is 6.07 Å². The van der Waals surface area contributed by atoms with E-state index < -0.39 is 11.7 Å². The third kappa shape index (κ3) is 6.16. The molecule has 0 bridgehead atoms. The molecule has 1 aliphatic rings.